The van der Waals surface area contributed by atoms with Gasteiger partial charge in [-0.15, -0.1) is 0 Å². The fourth-order valence-corrected chi connectivity index (χ4v) is 4.77. The molecule has 206 valence electrons. The second-order valence-corrected chi connectivity index (χ2v) is 9.79. The van der Waals surface area contributed by atoms with Gasteiger partial charge in [0.25, 0.3) is 11.8 Å². The minimum Gasteiger partial charge on any atom is -0.497 e. The summed E-state index contributed by atoms with van der Waals surface area (Å²) in [6.07, 6.45) is 6.15. The fourth-order valence-electron chi connectivity index (χ4n) is 4.77. The molecular weight excluding hydrogens is 490 g/mol. The van der Waals surface area contributed by atoms with E-state index in [1.165, 1.54) is 6.42 Å². The number of methoxy groups -OCH3 is 1. The normalized spacial score (nSPS) is 14.3. The number of hydrogen-bond acceptors (Lipinski definition) is 5. The van der Waals surface area contributed by atoms with Gasteiger partial charge in [0.1, 0.15) is 11.5 Å². The van der Waals surface area contributed by atoms with Gasteiger partial charge in [0.15, 0.2) is 6.61 Å². The summed E-state index contributed by atoms with van der Waals surface area (Å²) in [5.74, 6) is 1.26. The van der Waals surface area contributed by atoms with Crippen molar-refractivity contribution in [3.05, 3.63) is 89.5 Å². The van der Waals surface area contributed by atoms with E-state index in [4.69, 9.17) is 9.47 Å². The summed E-state index contributed by atoms with van der Waals surface area (Å²) >= 11 is 0. The number of benzene rings is 3. The second kappa shape index (κ2) is 14.9. The van der Waals surface area contributed by atoms with Crippen LogP contribution in [0.4, 0.5) is 5.69 Å². The number of anilines is 1. The molecule has 2 N–H and O–H groups in total. The zero-order chi connectivity index (χ0) is 27.3. The van der Waals surface area contributed by atoms with Gasteiger partial charge in [-0.05, 0) is 79.4 Å². The average molecular weight is 530 g/mol. The number of hydrogen-bond donors (Lipinski definition) is 2. The van der Waals surface area contributed by atoms with Crippen molar-refractivity contribution in [2.24, 2.45) is 0 Å². The lowest BCUT2D eigenvalue weighted by Gasteiger charge is -2.26. The molecule has 0 bridgehead atoms. The van der Waals surface area contributed by atoms with Gasteiger partial charge >= 0.3 is 0 Å². The Morgan fingerprint density at radius 3 is 2.54 bits per heavy atom. The van der Waals surface area contributed by atoms with E-state index in [1.807, 2.05) is 77.7 Å². The van der Waals surface area contributed by atoms with E-state index in [2.05, 4.69) is 10.6 Å². The summed E-state index contributed by atoms with van der Waals surface area (Å²) in [4.78, 5) is 28.2. The van der Waals surface area contributed by atoms with Gasteiger partial charge < -0.3 is 25.0 Å². The first-order chi connectivity index (χ1) is 19.1. The van der Waals surface area contributed by atoms with Gasteiger partial charge in [-0.1, -0.05) is 49.6 Å². The minimum absolute atomic E-state index is 0.0383. The molecule has 0 saturated heterocycles. The predicted molar refractivity (Wildman–Crippen MR) is 155 cm³/mol. The van der Waals surface area contributed by atoms with Gasteiger partial charge in [-0.3, -0.25) is 9.59 Å². The van der Waals surface area contributed by atoms with Crippen molar-refractivity contribution in [1.82, 2.24) is 10.6 Å². The smallest absolute Gasteiger partial charge is 0.264 e. The number of carbonyl (C=O) groups excluding carboxylic acids is 2. The molecular formula is C32H39N3O4. The van der Waals surface area contributed by atoms with Crippen LogP contribution < -0.4 is 25.0 Å². The number of nitrogens with zero attached hydrogens (tertiary/aromatic N) is 1. The third kappa shape index (κ3) is 8.58. The number of rotatable bonds is 8. The molecule has 1 aliphatic rings. The first kappa shape index (κ1) is 28.2. The first-order valence-corrected chi connectivity index (χ1v) is 13.9. The summed E-state index contributed by atoms with van der Waals surface area (Å²) in [5, 5.41) is 6.54. The van der Waals surface area contributed by atoms with Crippen LogP contribution in [0.25, 0.3) is 0 Å². The lowest BCUT2D eigenvalue weighted by molar-refractivity contribution is -0.120. The molecule has 3 aromatic carbocycles. The Kier molecular flexibility index (Phi) is 10.8. The number of para-hydroxylation sites is 1. The maximum atomic E-state index is 13.4. The van der Waals surface area contributed by atoms with E-state index in [-0.39, 0.29) is 18.4 Å². The van der Waals surface area contributed by atoms with Crippen LogP contribution in [-0.2, 0) is 17.8 Å². The Morgan fingerprint density at radius 1 is 0.897 bits per heavy atom. The molecule has 7 heteroatoms. The molecule has 1 aliphatic heterocycles. The highest BCUT2D eigenvalue weighted by atomic mass is 16.5. The Labute approximate surface area is 231 Å². The third-order valence-corrected chi connectivity index (χ3v) is 6.92. The topological polar surface area (TPSA) is 79.9 Å². The van der Waals surface area contributed by atoms with Gasteiger partial charge in [-0.2, -0.15) is 0 Å². The highest BCUT2D eigenvalue weighted by Gasteiger charge is 2.21. The van der Waals surface area contributed by atoms with Gasteiger partial charge in [-0.25, -0.2) is 0 Å². The van der Waals surface area contributed by atoms with Gasteiger partial charge in [0.05, 0.1) is 7.11 Å². The molecule has 7 nitrogen and oxygen atoms in total. The van der Waals surface area contributed by atoms with Crippen molar-refractivity contribution in [1.29, 1.82) is 0 Å². The highest BCUT2D eigenvalue weighted by molar-refractivity contribution is 5.98. The van der Waals surface area contributed by atoms with Crippen LogP contribution in [0.15, 0.2) is 72.8 Å². The molecule has 1 heterocycles. The maximum absolute atomic E-state index is 13.4. The molecule has 4 rings (SSSR count). The number of ether oxygens (including phenoxy) is 2. The first-order valence-electron chi connectivity index (χ1n) is 13.9. The highest BCUT2D eigenvalue weighted by Crippen LogP contribution is 2.25. The Balaban J connectivity index is 1.48. The minimum atomic E-state index is -0.128. The van der Waals surface area contributed by atoms with Crippen LogP contribution in [0, 0.1) is 0 Å². The van der Waals surface area contributed by atoms with Crippen molar-refractivity contribution >= 4 is 17.5 Å². The molecule has 2 amide bonds. The largest absolute Gasteiger partial charge is 0.497 e. The van der Waals surface area contributed by atoms with Crippen LogP contribution in [0.2, 0.25) is 0 Å². The molecule has 0 aromatic heterocycles. The van der Waals surface area contributed by atoms with E-state index in [0.717, 1.165) is 54.8 Å². The summed E-state index contributed by atoms with van der Waals surface area (Å²) in [5.41, 5.74) is 3.45. The van der Waals surface area contributed by atoms with Crippen LogP contribution in [0.3, 0.4) is 0 Å². The van der Waals surface area contributed by atoms with Crippen LogP contribution in [0.1, 0.15) is 53.6 Å². The van der Waals surface area contributed by atoms with Crippen molar-refractivity contribution in [3.63, 3.8) is 0 Å². The molecule has 0 aliphatic carbocycles. The van der Waals surface area contributed by atoms with Crippen LogP contribution in [-0.4, -0.2) is 45.2 Å². The molecule has 0 saturated carbocycles. The lowest BCUT2D eigenvalue weighted by Crippen LogP contribution is -2.37. The zero-order valence-corrected chi connectivity index (χ0v) is 22.8. The van der Waals surface area contributed by atoms with Crippen molar-refractivity contribution in [2.75, 3.05) is 38.3 Å². The van der Waals surface area contributed by atoms with Crippen molar-refractivity contribution in [2.45, 2.75) is 45.1 Å². The van der Waals surface area contributed by atoms with Crippen molar-refractivity contribution < 1.29 is 19.1 Å². The number of amides is 2. The predicted octanol–water partition coefficient (Wildman–Crippen LogP) is 5.13. The van der Waals surface area contributed by atoms with E-state index >= 15 is 0 Å². The summed E-state index contributed by atoms with van der Waals surface area (Å²) in [6.45, 7) is 2.59. The quantitative estimate of drug-likeness (QED) is 0.423. The molecule has 0 spiro atoms. The number of carbonyl (C=O) groups is 2. The molecule has 0 radical (unpaired) electrons. The summed E-state index contributed by atoms with van der Waals surface area (Å²) in [7, 11) is 1.65. The van der Waals surface area contributed by atoms with Gasteiger partial charge in [0, 0.05) is 30.9 Å². The lowest BCUT2D eigenvalue weighted by atomic mass is 10.0. The SMILES string of the molecule is COc1cccc(CCNC(=O)c2ccc3c(c2)CNCCCCCCCN3C(=O)COc2ccccc2)c1. The zero-order valence-electron chi connectivity index (χ0n) is 22.8. The van der Waals surface area contributed by atoms with E-state index in [9.17, 15) is 9.59 Å². The summed E-state index contributed by atoms with van der Waals surface area (Å²) < 4.78 is 11.1. The Bertz CT molecular complexity index is 1220. The van der Waals surface area contributed by atoms with Gasteiger partial charge in [0.2, 0.25) is 0 Å². The van der Waals surface area contributed by atoms with Crippen molar-refractivity contribution in [3.8, 4) is 11.5 Å². The standard InChI is InChI=1S/C32H39N3O4/c1-38-29-14-10-11-25(21-29)17-19-34-32(37)26-15-16-30-27(22-26)23-33-18-8-3-2-4-9-20-35(30)31(36)24-39-28-12-6-5-7-13-28/h5-7,10-16,21-22,33H,2-4,8-9,17-20,23-24H2,1H3,(H,34,37). The van der Waals surface area contributed by atoms with E-state index in [0.29, 0.717) is 37.4 Å². The van der Waals surface area contributed by atoms with Crippen LogP contribution >= 0.6 is 0 Å². The average Bonchev–Trinajstić information content (AvgIpc) is 2.97. The second-order valence-electron chi connectivity index (χ2n) is 9.79. The molecule has 0 fully saturated rings. The Morgan fingerprint density at radius 2 is 1.69 bits per heavy atom. The fraction of sp³-hybridized carbons (Fsp3) is 0.375. The molecule has 0 atom stereocenters. The Hall–Kier alpha value is -3.84. The van der Waals surface area contributed by atoms with E-state index in [1.54, 1.807) is 7.11 Å². The monoisotopic (exact) mass is 529 g/mol. The van der Waals surface area contributed by atoms with E-state index < -0.39 is 0 Å². The maximum Gasteiger partial charge on any atom is 0.264 e. The van der Waals surface area contributed by atoms with Crippen LogP contribution in [0.5, 0.6) is 11.5 Å². The molecule has 39 heavy (non-hydrogen) atoms. The number of fused-ring (bicyclic) bond motifs is 1. The molecule has 3 aromatic rings. The number of nitrogens with one attached hydrogen (secondary N) is 2. The summed E-state index contributed by atoms with van der Waals surface area (Å²) in [6, 6.07) is 22.9. The third-order valence-electron chi connectivity index (χ3n) is 6.92. The molecule has 0 unspecified atom stereocenters.